The summed E-state index contributed by atoms with van der Waals surface area (Å²) in [5, 5.41) is 3.75. The van der Waals surface area contributed by atoms with Crippen molar-refractivity contribution in [1.29, 1.82) is 0 Å². The number of aromatic amines is 1. The molecule has 7 nitrogen and oxygen atoms in total. The summed E-state index contributed by atoms with van der Waals surface area (Å²) in [7, 11) is 1.61. The van der Waals surface area contributed by atoms with Gasteiger partial charge in [0.15, 0.2) is 10.3 Å². The highest BCUT2D eigenvalue weighted by Gasteiger charge is 2.11. The van der Waals surface area contributed by atoms with E-state index in [0.717, 1.165) is 21.7 Å². The normalized spacial score (nSPS) is 10.9. The number of H-pyrrole nitrogens is 1. The molecule has 3 rings (SSSR count). The molecule has 3 aromatic rings. The third-order valence-electron chi connectivity index (χ3n) is 3.75. The fourth-order valence-corrected chi connectivity index (χ4v) is 3.93. The van der Waals surface area contributed by atoms with Crippen molar-refractivity contribution < 1.29 is 9.53 Å². The van der Waals surface area contributed by atoms with Gasteiger partial charge in [0.05, 0.1) is 28.8 Å². The van der Waals surface area contributed by atoms with Gasteiger partial charge in [-0.05, 0) is 31.5 Å². The molecule has 136 valence electrons. The molecule has 2 aromatic heterocycles. The number of thioether (sulfide) groups is 1. The van der Waals surface area contributed by atoms with Gasteiger partial charge in [0.2, 0.25) is 5.91 Å². The second-order valence-corrected chi connectivity index (χ2v) is 7.48. The number of carbonyl (C=O) groups is 1. The van der Waals surface area contributed by atoms with Crippen molar-refractivity contribution in [2.45, 2.75) is 25.4 Å². The summed E-state index contributed by atoms with van der Waals surface area (Å²) in [5.74, 6) is 0.673. The zero-order chi connectivity index (χ0) is 18.7. The molecule has 0 radical (unpaired) electrons. The minimum absolute atomic E-state index is 0.133. The number of thiazole rings is 1. The lowest BCUT2D eigenvalue weighted by atomic mass is 10.2. The number of amides is 1. The van der Waals surface area contributed by atoms with Crippen LogP contribution in [-0.4, -0.2) is 33.7 Å². The molecule has 0 saturated heterocycles. The number of fused-ring (bicyclic) bond motifs is 1. The van der Waals surface area contributed by atoms with Crippen LogP contribution in [0.4, 0.5) is 5.13 Å². The lowest BCUT2D eigenvalue weighted by Gasteiger charge is -2.05. The molecule has 0 unspecified atom stereocenters. The van der Waals surface area contributed by atoms with Gasteiger partial charge in [0.25, 0.3) is 5.56 Å². The minimum atomic E-state index is -0.206. The molecule has 0 aliphatic heterocycles. The number of nitrogens with one attached hydrogen (secondary N) is 2. The molecule has 0 aliphatic rings. The Morgan fingerprint density at radius 2 is 2.19 bits per heavy atom. The second kappa shape index (κ2) is 7.88. The molecule has 0 saturated carbocycles. The summed E-state index contributed by atoms with van der Waals surface area (Å²) in [5.41, 5.74) is 2.00. The highest BCUT2D eigenvalue weighted by Crippen LogP contribution is 2.29. The summed E-state index contributed by atoms with van der Waals surface area (Å²) in [6.07, 6.45) is 0.671. The van der Waals surface area contributed by atoms with Gasteiger partial charge in [-0.25, -0.2) is 9.97 Å². The fourth-order valence-electron chi connectivity index (χ4n) is 2.34. The van der Waals surface area contributed by atoms with E-state index in [1.165, 1.54) is 23.1 Å². The lowest BCUT2D eigenvalue weighted by molar-refractivity contribution is -0.113. The SMILES string of the molecule is CCc1nc(SCC(=O)Nc2nc3ccc(OC)cc3s2)[nH]c(=O)c1C. The van der Waals surface area contributed by atoms with Crippen molar-refractivity contribution in [2.75, 3.05) is 18.2 Å². The molecule has 9 heteroatoms. The highest BCUT2D eigenvalue weighted by molar-refractivity contribution is 7.99. The zero-order valence-electron chi connectivity index (χ0n) is 14.6. The van der Waals surface area contributed by atoms with E-state index < -0.39 is 0 Å². The predicted octanol–water partition coefficient (Wildman–Crippen LogP) is 2.99. The average molecular weight is 390 g/mol. The number of nitrogens with zero attached hydrogens (tertiary/aromatic N) is 2. The molecular formula is C17H18N4O3S2. The Kier molecular flexibility index (Phi) is 5.58. The van der Waals surface area contributed by atoms with Crippen LogP contribution < -0.4 is 15.6 Å². The van der Waals surface area contributed by atoms with Crippen LogP contribution in [0.5, 0.6) is 5.75 Å². The number of methoxy groups -OCH3 is 1. The number of hydrogen-bond acceptors (Lipinski definition) is 7. The first kappa shape index (κ1) is 18.4. The van der Waals surface area contributed by atoms with Crippen molar-refractivity contribution in [1.82, 2.24) is 15.0 Å². The summed E-state index contributed by atoms with van der Waals surface area (Å²) in [6.45, 7) is 3.69. The van der Waals surface area contributed by atoms with E-state index >= 15 is 0 Å². The molecule has 0 aliphatic carbocycles. The maximum atomic E-state index is 12.2. The molecule has 2 heterocycles. The van der Waals surface area contributed by atoms with Crippen LogP contribution in [0.25, 0.3) is 10.2 Å². The van der Waals surface area contributed by atoms with E-state index in [9.17, 15) is 9.59 Å². The fraction of sp³-hybridized carbons (Fsp3) is 0.294. The van der Waals surface area contributed by atoms with E-state index in [2.05, 4.69) is 20.3 Å². The number of ether oxygens (including phenoxy) is 1. The van der Waals surface area contributed by atoms with Gasteiger partial charge >= 0.3 is 0 Å². The zero-order valence-corrected chi connectivity index (χ0v) is 16.2. The number of anilines is 1. The summed E-state index contributed by atoms with van der Waals surface area (Å²) < 4.78 is 6.12. The Morgan fingerprint density at radius 1 is 1.38 bits per heavy atom. The van der Waals surface area contributed by atoms with E-state index in [1.807, 2.05) is 25.1 Å². The van der Waals surface area contributed by atoms with Crippen molar-refractivity contribution in [3.05, 3.63) is 39.8 Å². The van der Waals surface area contributed by atoms with Crippen molar-refractivity contribution in [2.24, 2.45) is 0 Å². The molecule has 0 bridgehead atoms. The van der Waals surface area contributed by atoms with Gasteiger partial charge in [0, 0.05) is 5.56 Å². The Bertz CT molecular complexity index is 1010. The van der Waals surface area contributed by atoms with Crippen LogP contribution in [0.15, 0.2) is 28.2 Å². The third kappa shape index (κ3) is 4.05. The van der Waals surface area contributed by atoms with Crippen LogP contribution in [0.3, 0.4) is 0 Å². The number of benzene rings is 1. The van der Waals surface area contributed by atoms with Crippen molar-refractivity contribution in [3.63, 3.8) is 0 Å². The average Bonchev–Trinajstić information content (AvgIpc) is 3.03. The van der Waals surface area contributed by atoms with Crippen molar-refractivity contribution >= 4 is 44.4 Å². The van der Waals surface area contributed by atoms with E-state index in [1.54, 1.807) is 14.0 Å². The summed E-state index contributed by atoms with van der Waals surface area (Å²) in [6, 6.07) is 5.56. The van der Waals surface area contributed by atoms with Crippen LogP contribution in [0.1, 0.15) is 18.2 Å². The molecule has 2 N–H and O–H groups in total. The monoisotopic (exact) mass is 390 g/mol. The maximum Gasteiger partial charge on any atom is 0.254 e. The molecule has 1 aromatic carbocycles. The van der Waals surface area contributed by atoms with Crippen LogP contribution >= 0.6 is 23.1 Å². The number of aryl methyl sites for hydroxylation is 1. The van der Waals surface area contributed by atoms with Gasteiger partial charge in [-0.15, -0.1) is 0 Å². The molecule has 0 spiro atoms. The summed E-state index contributed by atoms with van der Waals surface area (Å²) in [4.78, 5) is 35.5. The van der Waals surface area contributed by atoms with E-state index in [-0.39, 0.29) is 17.2 Å². The molecule has 0 atom stereocenters. The lowest BCUT2D eigenvalue weighted by Crippen LogP contribution is -2.17. The maximum absolute atomic E-state index is 12.2. The van der Waals surface area contributed by atoms with Gasteiger partial charge in [-0.2, -0.15) is 0 Å². The third-order valence-corrected chi connectivity index (χ3v) is 5.55. The topological polar surface area (TPSA) is 97.0 Å². The first-order chi connectivity index (χ1) is 12.5. The number of hydrogen-bond donors (Lipinski definition) is 2. The molecule has 26 heavy (non-hydrogen) atoms. The first-order valence-corrected chi connectivity index (χ1v) is 9.77. The second-order valence-electron chi connectivity index (χ2n) is 5.49. The summed E-state index contributed by atoms with van der Waals surface area (Å²) >= 11 is 2.57. The standard InChI is InChI=1S/C17H18N4O3S2/c1-4-11-9(2)15(23)21-16(18-11)25-8-14(22)20-17-19-12-6-5-10(24-3)7-13(12)26-17/h5-7H,4,8H2,1-3H3,(H,18,21,23)(H,19,20,22). The van der Waals surface area contributed by atoms with Crippen LogP contribution in [-0.2, 0) is 11.2 Å². The molecular weight excluding hydrogens is 372 g/mol. The molecule has 0 fully saturated rings. The Morgan fingerprint density at radius 3 is 2.92 bits per heavy atom. The van der Waals surface area contributed by atoms with E-state index in [4.69, 9.17) is 4.74 Å². The number of carbonyl (C=O) groups excluding carboxylic acids is 1. The number of aromatic nitrogens is 3. The largest absolute Gasteiger partial charge is 0.497 e. The molecule has 1 amide bonds. The first-order valence-electron chi connectivity index (χ1n) is 7.97. The van der Waals surface area contributed by atoms with Crippen LogP contribution in [0.2, 0.25) is 0 Å². The Balaban J connectivity index is 1.66. The Labute approximate surface area is 158 Å². The van der Waals surface area contributed by atoms with Crippen LogP contribution in [0, 0.1) is 6.92 Å². The van der Waals surface area contributed by atoms with Gasteiger partial charge in [-0.3, -0.25) is 9.59 Å². The highest BCUT2D eigenvalue weighted by atomic mass is 32.2. The van der Waals surface area contributed by atoms with E-state index in [0.29, 0.717) is 22.3 Å². The van der Waals surface area contributed by atoms with Gasteiger partial charge < -0.3 is 15.0 Å². The van der Waals surface area contributed by atoms with Gasteiger partial charge in [0.1, 0.15) is 5.75 Å². The minimum Gasteiger partial charge on any atom is -0.497 e. The predicted molar refractivity (Wildman–Crippen MR) is 104 cm³/mol. The van der Waals surface area contributed by atoms with Gasteiger partial charge in [-0.1, -0.05) is 30.0 Å². The quantitative estimate of drug-likeness (QED) is 0.496. The Hall–Kier alpha value is -2.39. The number of rotatable bonds is 6. The van der Waals surface area contributed by atoms with Crippen molar-refractivity contribution in [3.8, 4) is 5.75 Å². The smallest absolute Gasteiger partial charge is 0.254 e.